The number of hydrogen-bond acceptors (Lipinski definition) is 2. The van der Waals surface area contributed by atoms with Crippen LogP contribution in [0.3, 0.4) is 0 Å². The number of allylic oxidation sites excluding steroid dienone is 1. The Bertz CT molecular complexity index is 566. The highest BCUT2D eigenvalue weighted by molar-refractivity contribution is 9.11. The highest BCUT2D eigenvalue weighted by atomic mass is 79.9. The topological polar surface area (TPSA) is 26.3 Å². The van der Waals surface area contributed by atoms with E-state index in [2.05, 4.69) is 48.3 Å². The van der Waals surface area contributed by atoms with E-state index in [1.807, 2.05) is 0 Å². The zero-order valence-corrected chi connectivity index (χ0v) is 17.6. The van der Waals surface area contributed by atoms with E-state index < -0.39 is 0 Å². The Labute approximate surface area is 161 Å². The van der Waals surface area contributed by atoms with Crippen LogP contribution in [-0.2, 0) is 9.53 Å². The number of carbonyl (C=O) groups is 1. The van der Waals surface area contributed by atoms with E-state index >= 15 is 0 Å². The molecule has 0 aromatic heterocycles. The second-order valence-corrected chi connectivity index (χ2v) is 9.31. The first-order valence-corrected chi connectivity index (χ1v) is 11.0. The van der Waals surface area contributed by atoms with Crippen LogP contribution in [-0.4, -0.2) is 12.1 Å². The number of cyclic esters (lactones) is 1. The van der Waals surface area contributed by atoms with Gasteiger partial charge < -0.3 is 4.74 Å². The van der Waals surface area contributed by atoms with E-state index in [1.165, 1.54) is 32.1 Å². The van der Waals surface area contributed by atoms with Crippen LogP contribution in [0.15, 0.2) is 22.7 Å². The maximum Gasteiger partial charge on any atom is 0.334 e. The molecule has 3 aliphatic rings. The number of carbonyl (C=O) groups excluding carboxylic acids is 1. The zero-order valence-electron chi connectivity index (χ0n) is 16.0. The summed E-state index contributed by atoms with van der Waals surface area (Å²) in [6, 6.07) is 0. The molecule has 2 nitrogen and oxygen atoms in total. The number of esters is 1. The van der Waals surface area contributed by atoms with Crippen molar-refractivity contribution in [1.29, 1.82) is 0 Å². The third-order valence-corrected chi connectivity index (χ3v) is 8.07. The lowest BCUT2D eigenvalue weighted by Gasteiger charge is -2.44. The van der Waals surface area contributed by atoms with Crippen molar-refractivity contribution >= 4 is 21.9 Å². The molecule has 0 radical (unpaired) electrons. The van der Waals surface area contributed by atoms with Crippen LogP contribution in [0.2, 0.25) is 0 Å². The number of fused-ring (bicyclic) bond motifs is 1. The van der Waals surface area contributed by atoms with Gasteiger partial charge in [-0.3, -0.25) is 0 Å². The lowest BCUT2D eigenvalue weighted by Crippen LogP contribution is -2.37. The molecule has 3 fully saturated rings. The van der Waals surface area contributed by atoms with Crippen LogP contribution in [0.5, 0.6) is 0 Å². The summed E-state index contributed by atoms with van der Waals surface area (Å²) in [6.07, 6.45) is 9.67. The van der Waals surface area contributed by atoms with Gasteiger partial charge in [0.15, 0.2) is 0 Å². The second kappa shape index (κ2) is 7.58. The Morgan fingerprint density at radius 2 is 2.20 bits per heavy atom. The van der Waals surface area contributed by atoms with Gasteiger partial charge >= 0.3 is 5.97 Å². The first kappa shape index (κ1) is 19.2. The normalized spacial score (nSPS) is 41.0. The number of halogens is 1. The van der Waals surface area contributed by atoms with Crippen molar-refractivity contribution < 1.29 is 9.53 Å². The van der Waals surface area contributed by atoms with Crippen LogP contribution >= 0.6 is 15.9 Å². The van der Waals surface area contributed by atoms with Crippen LogP contribution in [0.25, 0.3) is 0 Å². The average molecular weight is 409 g/mol. The molecular weight excluding hydrogens is 376 g/mol. The molecule has 140 valence electrons. The van der Waals surface area contributed by atoms with Gasteiger partial charge in [-0.05, 0) is 73.1 Å². The van der Waals surface area contributed by atoms with Crippen molar-refractivity contribution in [2.75, 3.05) is 0 Å². The van der Waals surface area contributed by atoms with Gasteiger partial charge in [0.25, 0.3) is 0 Å². The van der Waals surface area contributed by atoms with E-state index in [0.29, 0.717) is 16.9 Å². The van der Waals surface area contributed by atoms with Crippen LogP contribution in [0.1, 0.15) is 72.1 Å². The smallest absolute Gasteiger partial charge is 0.334 e. The molecule has 0 spiro atoms. The average Bonchev–Trinajstić information content (AvgIpc) is 3.06. The third kappa shape index (κ3) is 3.38. The lowest BCUT2D eigenvalue weighted by atomic mass is 9.61. The van der Waals surface area contributed by atoms with Crippen LogP contribution in [0.4, 0.5) is 0 Å². The Balaban J connectivity index is 1.72. The monoisotopic (exact) mass is 408 g/mol. The minimum Gasteiger partial charge on any atom is -0.458 e. The molecule has 0 aromatic carbocycles. The molecule has 2 saturated carbocycles. The number of ether oxygens (including phenoxy) is 1. The van der Waals surface area contributed by atoms with Crippen molar-refractivity contribution in [1.82, 2.24) is 0 Å². The summed E-state index contributed by atoms with van der Waals surface area (Å²) < 4.78 is 5.72. The number of hydrogen-bond donors (Lipinski definition) is 0. The molecule has 0 aromatic rings. The summed E-state index contributed by atoms with van der Waals surface area (Å²) in [4.78, 5) is 14.2. The Kier molecular flexibility index (Phi) is 5.82. The Hall–Kier alpha value is -0.570. The molecular formula is C22H33BrO2. The lowest BCUT2D eigenvalue weighted by molar-refractivity contribution is -0.140. The largest absolute Gasteiger partial charge is 0.458 e. The van der Waals surface area contributed by atoms with Crippen molar-refractivity contribution in [3.63, 3.8) is 0 Å². The minimum atomic E-state index is -0.159. The molecule has 2 aliphatic carbocycles. The molecule has 6 atom stereocenters. The summed E-state index contributed by atoms with van der Waals surface area (Å²) in [5.41, 5.74) is 2.74. The van der Waals surface area contributed by atoms with Gasteiger partial charge in [-0.15, -0.1) is 0 Å². The van der Waals surface area contributed by atoms with Gasteiger partial charge in [-0.1, -0.05) is 55.3 Å². The standard InChI is InChI=1S/C22H33BrO2/c1-5-7-17-15(3)21(24)25-20(17)12-14(2)18-9-10-19-16(13-23)8-6-11-22(18,19)4/h13-14,17-20H,3,5-12H2,1-2,4H3/b16-13+/t14-,17+,18-,19+,20-,22-/m1/s1. The highest BCUT2D eigenvalue weighted by Gasteiger charge is 2.51. The quantitative estimate of drug-likeness (QED) is 0.388. The van der Waals surface area contributed by atoms with Crippen molar-refractivity contribution in [2.24, 2.45) is 29.1 Å². The summed E-state index contributed by atoms with van der Waals surface area (Å²) in [5.74, 6) is 2.13. The molecule has 0 N–H and O–H groups in total. The Morgan fingerprint density at radius 3 is 2.88 bits per heavy atom. The molecule has 0 amide bonds. The van der Waals surface area contributed by atoms with Gasteiger partial charge in [0, 0.05) is 11.5 Å². The fourth-order valence-corrected chi connectivity index (χ4v) is 6.78. The van der Waals surface area contributed by atoms with E-state index in [-0.39, 0.29) is 18.0 Å². The fraction of sp³-hybridized carbons (Fsp3) is 0.773. The summed E-state index contributed by atoms with van der Waals surface area (Å²) in [7, 11) is 0. The molecule has 1 aliphatic heterocycles. The van der Waals surface area contributed by atoms with E-state index in [1.54, 1.807) is 5.57 Å². The van der Waals surface area contributed by atoms with E-state index in [9.17, 15) is 4.79 Å². The zero-order chi connectivity index (χ0) is 18.2. The Morgan fingerprint density at radius 1 is 1.44 bits per heavy atom. The van der Waals surface area contributed by atoms with Crippen LogP contribution in [0, 0.1) is 29.1 Å². The third-order valence-electron chi connectivity index (χ3n) is 7.49. The first-order valence-electron chi connectivity index (χ1n) is 10.1. The second-order valence-electron chi connectivity index (χ2n) is 8.86. The van der Waals surface area contributed by atoms with Gasteiger partial charge in [-0.25, -0.2) is 4.79 Å². The fourth-order valence-electron chi connectivity index (χ4n) is 6.23. The van der Waals surface area contributed by atoms with E-state index in [0.717, 1.165) is 31.1 Å². The minimum absolute atomic E-state index is 0.0485. The molecule has 1 heterocycles. The first-order chi connectivity index (χ1) is 11.9. The van der Waals surface area contributed by atoms with Gasteiger partial charge in [0.1, 0.15) is 6.10 Å². The molecule has 25 heavy (non-hydrogen) atoms. The van der Waals surface area contributed by atoms with Gasteiger partial charge in [0.2, 0.25) is 0 Å². The maximum absolute atomic E-state index is 12.0. The predicted molar refractivity (Wildman–Crippen MR) is 106 cm³/mol. The molecule has 3 rings (SSSR count). The predicted octanol–water partition coefficient (Wildman–Crippen LogP) is 6.41. The highest BCUT2D eigenvalue weighted by Crippen LogP contribution is 2.60. The summed E-state index contributed by atoms with van der Waals surface area (Å²) >= 11 is 3.61. The summed E-state index contributed by atoms with van der Waals surface area (Å²) in [6.45, 7) is 11.1. The SMILES string of the molecule is C=C1C(=O)O[C@H](C[C@@H](C)[C@H]2CC[C@H]3/C(=C/Br)CCC[C@]23C)[C@H]1CCC. The molecule has 1 saturated heterocycles. The molecule has 3 heteroatoms. The number of rotatable bonds is 5. The van der Waals surface area contributed by atoms with Crippen molar-refractivity contribution in [3.8, 4) is 0 Å². The van der Waals surface area contributed by atoms with E-state index in [4.69, 9.17) is 4.74 Å². The summed E-state index contributed by atoms with van der Waals surface area (Å²) in [5, 5.41) is 0. The van der Waals surface area contributed by atoms with Gasteiger partial charge in [0.05, 0.1) is 0 Å². The van der Waals surface area contributed by atoms with Crippen molar-refractivity contribution in [3.05, 3.63) is 22.7 Å². The maximum atomic E-state index is 12.0. The van der Waals surface area contributed by atoms with Crippen molar-refractivity contribution in [2.45, 2.75) is 78.2 Å². The van der Waals surface area contributed by atoms with Crippen LogP contribution < -0.4 is 0 Å². The molecule has 0 bridgehead atoms. The van der Waals surface area contributed by atoms with Gasteiger partial charge in [-0.2, -0.15) is 0 Å². The molecule has 0 unspecified atom stereocenters.